The SMILES string of the molecule is c1ccc(CN2CCC(NCc3nn[nH]n3)C2)cc1. The van der Waals surface area contributed by atoms with E-state index in [0.29, 0.717) is 12.6 Å². The molecule has 0 spiro atoms. The highest BCUT2D eigenvalue weighted by Gasteiger charge is 2.22. The van der Waals surface area contributed by atoms with Crippen LogP contribution in [0, 0.1) is 0 Å². The maximum atomic E-state index is 3.94. The van der Waals surface area contributed by atoms with Gasteiger partial charge in [-0.15, -0.1) is 10.2 Å². The number of tetrazole rings is 1. The zero-order valence-corrected chi connectivity index (χ0v) is 10.8. The molecule has 1 aliphatic rings. The molecule has 2 N–H and O–H groups in total. The zero-order chi connectivity index (χ0) is 12.9. The number of hydrogen-bond donors (Lipinski definition) is 2. The first-order chi connectivity index (χ1) is 9.40. The lowest BCUT2D eigenvalue weighted by molar-refractivity contribution is 0.319. The summed E-state index contributed by atoms with van der Waals surface area (Å²) in [6, 6.07) is 11.1. The van der Waals surface area contributed by atoms with Gasteiger partial charge < -0.3 is 5.32 Å². The second kappa shape index (κ2) is 5.90. The van der Waals surface area contributed by atoms with Gasteiger partial charge in [0.1, 0.15) is 0 Å². The highest BCUT2D eigenvalue weighted by molar-refractivity contribution is 5.14. The quantitative estimate of drug-likeness (QED) is 0.820. The number of H-pyrrole nitrogens is 1. The zero-order valence-electron chi connectivity index (χ0n) is 10.8. The molecule has 100 valence electrons. The van der Waals surface area contributed by atoms with E-state index in [1.54, 1.807) is 0 Å². The average Bonchev–Trinajstić information content (AvgIpc) is 3.09. The van der Waals surface area contributed by atoms with E-state index in [-0.39, 0.29) is 0 Å². The Bertz CT molecular complexity index is 483. The Morgan fingerprint density at radius 1 is 1.32 bits per heavy atom. The van der Waals surface area contributed by atoms with Crippen molar-refractivity contribution >= 4 is 0 Å². The largest absolute Gasteiger partial charge is 0.306 e. The van der Waals surface area contributed by atoms with Crippen molar-refractivity contribution in [1.82, 2.24) is 30.8 Å². The minimum absolute atomic E-state index is 0.516. The molecule has 2 aromatic rings. The van der Waals surface area contributed by atoms with Gasteiger partial charge in [-0.2, -0.15) is 5.21 Å². The molecule has 3 rings (SSSR count). The lowest BCUT2D eigenvalue weighted by atomic mass is 10.2. The molecular formula is C13H18N6. The number of rotatable bonds is 5. The molecular weight excluding hydrogens is 240 g/mol. The van der Waals surface area contributed by atoms with Gasteiger partial charge in [-0.3, -0.25) is 4.90 Å². The molecule has 6 heteroatoms. The molecule has 1 aliphatic heterocycles. The minimum atomic E-state index is 0.516. The predicted octanol–water partition coefficient (Wildman–Crippen LogP) is 0.564. The predicted molar refractivity (Wildman–Crippen MR) is 71.1 cm³/mol. The summed E-state index contributed by atoms with van der Waals surface area (Å²) in [6.45, 7) is 3.92. The fraction of sp³-hybridized carbons (Fsp3) is 0.462. The standard InChI is InChI=1S/C13H18N6/c1-2-4-11(5-3-1)9-19-7-6-12(10-19)14-8-13-15-17-18-16-13/h1-5,12,14H,6-10H2,(H,15,16,17,18). The van der Waals surface area contributed by atoms with Gasteiger partial charge >= 0.3 is 0 Å². The summed E-state index contributed by atoms with van der Waals surface area (Å²) < 4.78 is 0. The van der Waals surface area contributed by atoms with Gasteiger partial charge in [0, 0.05) is 25.7 Å². The van der Waals surface area contributed by atoms with Gasteiger partial charge in [0.15, 0.2) is 5.82 Å². The van der Waals surface area contributed by atoms with E-state index in [1.807, 2.05) is 0 Å². The molecule has 1 saturated heterocycles. The van der Waals surface area contributed by atoms with E-state index < -0.39 is 0 Å². The molecule has 19 heavy (non-hydrogen) atoms. The summed E-state index contributed by atoms with van der Waals surface area (Å²) in [5.41, 5.74) is 1.38. The number of nitrogens with one attached hydrogen (secondary N) is 2. The minimum Gasteiger partial charge on any atom is -0.306 e. The third-order valence-electron chi connectivity index (χ3n) is 3.46. The third kappa shape index (κ3) is 3.36. The fourth-order valence-electron chi connectivity index (χ4n) is 2.48. The maximum absolute atomic E-state index is 3.94. The summed E-state index contributed by atoms with van der Waals surface area (Å²) in [5.74, 6) is 0.724. The van der Waals surface area contributed by atoms with Crippen LogP contribution < -0.4 is 5.32 Å². The first-order valence-corrected chi connectivity index (χ1v) is 6.62. The lowest BCUT2D eigenvalue weighted by Gasteiger charge is -2.16. The first kappa shape index (κ1) is 12.3. The van der Waals surface area contributed by atoms with Crippen LogP contribution in [0.2, 0.25) is 0 Å². The van der Waals surface area contributed by atoms with Gasteiger partial charge in [0.05, 0.1) is 6.54 Å². The Morgan fingerprint density at radius 2 is 2.21 bits per heavy atom. The molecule has 1 unspecified atom stereocenters. The highest BCUT2D eigenvalue weighted by Crippen LogP contribution is 2.13. The summed E-state index contributed by atoms with van der Waals surface area (Å²) >= 11 is 0. The summed E-state index contributed by atoms with van der Waals surface area (Å²) in [7, 11) is 0. The molecule has 0 bridgehead atoms. The van der Waals surface area contributed by atoms with Crippen LogP contribution in [0.15, 0.2) is 30.3 Å². The topological polar surface area (TPSA) is 69.7 Å². The van der Waals surface area contributed by atoms with Crippen LogP contribution in [-0.2, 0) is 13.1 Å². The van der Waals surface area contributed by atoms with Crippen LogP contribution in [0.3, 0.4) is 0 Å². The van der Waals surface area contributed by atoms with E-state index >= 15 is 0 Å². The van der Waals surface area contributed by atoms with Gasteiger partial charge in [0.25, 0.3) is 0 Å². The molecule has 0 aliphatic carbocycles. The van der Waals surface area contributed by atoms with Crippen LogP contribution >= 0.6 is 0 Å². The number of hydrogen-bond acceptors (Lipinski definition) is 5. The second-order valence-corrected chi connectivity index (χ2v) is 4.92. The van der Waals surface area contributed by atoms with E-state index in [1.165, 1.54) is 12.0 Å². The van der Waals surface area contributed by atoms with Crippen molar-refractivity contribution in [2.75, 3.05) is 13.1 Å². The first-order valence-electron chi connectivity index (χ1n) is 6.62. The van der Waals surface area contributed by atoms with Gasteiger partial charge in [0.2, 0.25) is 0 Å². The van der Waals surface area contributed by atoms with Crippen LogP contribution in [0.5, 0.6) is 0 Å². The van der Waals surface area contributed by atoms with Crippen molar-refractivity contribution in [1.29, 1.82) is 0 Å². The molecule has 1 fully saturated rings. The number of likely N-dealkylation sites (tertiary alicyclic amines) is 1. The Balaban J connectivity index is 1.45. The number of aromatic amines is 1. The van der Waals surface area contributed by atoms with Crippen molar-refractivity contribution in [3.63, 3.8) is 0 Å². The van der Waals surface area contributed by atoms with Gasteiger partial charge in [-0.05, 0) is 12.0 Å². The average molecular weight is 258 g/mol. The maximum Gasteiger partial charge on any atom is 0.188 e. The molecule has 1 aromatic carbocycles. The Morgan fingerprint density at radius 3 is 3.00 bits per heavy atom. The van der Waals surface area contributed by atoms with Gasteiger partial charge in [-0.1, -0.05) is 35.5 Å². The Kier molecular flexibility index (Phi) is 3.81. The fourth-order valence-corrected chi connectivity index (χ4v) is 2.48. The molecule has 0 radical (unpaired) electrons. The number of aromatic nitrogens is 4. The third-order valence-corrected chi connectivity index (χ3v) is 3.46. The number of benzene rings is 1. The van der Waals surface area contributed by atoms with Crippen molar-refractivity contribution in [2.24, 2.45) is 0 Å². The summed E-state index contributed by atoms with van der Waals surface area (Å²) in [5, 5.41) is 17.4. The van der Waals surface area contributed by atoms with E-state index in [2.05, 4.69) is 61.2 Å². The van der Waals surface area contributed by atoms with Crippen LogP contribution in [0.4, 0.5) is 0 Å². The highest BCUT2D eigenvalue weighted by atomic mass is 15.5. The van der Waals surface area contributed by atoms with Crippen molar-refractivity contribution in [2.45, 2.75) is 25.6 Å². The summed E-state index contributed by atoms with van der Waals surface area (Å²) in [6.07, 6.45) is 1.17. The number of nitrogens with zero attached hydrogens (tertiary/aromatic N) is 4. The van der Waals surface area contributed by atoms with Crippen molar-refractivity contribution < 1.29 is 0 Å². The summed E-state index contributed by atoms with van der Waals surface area (Å²) in [4.78, 5) is 2.48. The molecule has 1 aromatic heterocycles. The normalized spacial score (nSPS) is 19.9. The second-order valence-electron chi connectivity index (χ2n) is 4.92. The van der Waals surface area contributed by atoms with Crippen molar-refractivity contribution in [3.8, 4) is 0 Å². The Hall–Kier alpha value is -1.79. The van der Waals surface area contributed by atoms with Crippen LogP contribution in [0.25, 0.3) is 0 Å². The smallest absolute Gasteiger partial charge is 0.188 e. The molecule has 0 saturated carbocycles. The molecule has 6 nitrogen and oxygen atoms in total. The van der Waals surface area contributed by atoms with Crippen LogP contribution in [-0.4, -0.2) is 44.7 Å². The molecule has 2 heterocycles. The van der Waals surface area contributed by atoms with Crippen LogP contribution in [0.1, 0.15) is 17.8 Å². The molecule has 1 atom stereocenters. The van der Waals surface area contributed by atoms with E-state index in [4.69, 9.17) is 0 Å². The molecule has 0 amide bonds. The van der Waals surface area contributed by atoms with E-state index in [9.17, 15) is 0 Å². The monoisotopic (exact) mass is 258 g/mol. The Labute approximate surface area is 112 Å². The van der Waals surface area contributed by atoms with E-state index in [0.717, 1.165) is 25.5 Å². The lowest BCUT2D eigenvalue weighted by Crippen LogP contribution is -2.32. The van der Waals surface area contributed by atoms with Crippen molar-refractivity contribution in [3.05, 3.63) is 41.7 Å². The van der Waals surface area contributed by atoms with Gasteiger partial charge in [-0.25, -0.2) is 0 Å².